The van der Waals surface area contributed by atoms with Gasteiger partial charge in [-0.25, -0.2) is 14.0 Å². The zero-order valence-corrected chi connectivity index (χ0v) is 19.5. The number of nitrogens with one attached hydrogen (secondary N) is 2. The van der Waals surface area contributed by atoms with Gasteiger partial charge in [-0.05, 0) is 36.8 Å². The Labute approximate surface area is 197 Å². The van der Waals surface area contributed by atoms with Crippen LogP contribution in [0, 0.1) is 5.41 Å². The van der Waals surface area contributed by atoms with Crippen LogP contribution in [0.15, 0.2) is 36.5 Å². The third-order valence-electron chi connectivity index (χ3n) is 4.78. The maximum absolute atomic E-state index is 12.7. The van der Waals surface area contributed by atoms with Gasteiger partial charge in [0.25, 0.3) is 0 Å². The van der Waals surface area contributed by atoms with Gasteiger partial charge in [0.1, 0.15) is 37.0 Å². The first-order valence-corrected chi connectivity index (χ1v) is 10.6. The van der Waals surface area contributed by atoms with Crippen molar-refractivity contribution >= 4 is 11.9 Å². The molecular formula is C23H30FN3O7. The van der Waals surface area contributed by atoms with Crippen LogP contribution in [-0.2, 0) is 14.2 Å². The summed E-state index contributed by atoms with van der Waals surface area (Å²) < 4.78 is 40.4. The van der Waals surface area contributed by atoms with Gasteiger partial charge < -0.3 is 28.3 Å². The maximum Gasteiger partial charge on any atom is 0.338 e. The second kappa shape index (κ2) is 14.0. The van der Waals surface area contributed by atoms with Crippen LogP contribution < -0.4 is 20.3 Å². The van der Waals surface area contributed by atoms with Crippen molar-refractivity contribution in [1.82, 2.24) is 9.88 Å². The lowest BCUT2D eigenvalue weighted by Gasteiger charge is -2.20. The number of benzene rings is 1. The van der Waals surface area contributed by atoms with Crippen molar-refractivity contribution in [3.8, 4) is 11.5 Å². The summed E-state index contributed by atoms with van der Waals surface area (Å²) in [6.07, 6.45) is 1.93. The number of aromatic nitrogens is 1. The quantitative estimate of drug-likeness (QED) is 0.241. The molecule has 2 N–H and O–H groups in total. The summed E-state index contributed by atoms with van der Waals surface area (Å²) in [5, 5.41) is 10.7. The first-order valence-electron chi connectivity index (χ1n) is 10.6. The molecule has 2 rings (SSSR count). The van der Waals surface area contributed by atoms with Gasteiger partial charge in [-0.15, -0.1) is 0 Å². The molecule has 0 fully saturated rings. The average Bonchev–Trinajstić information content (AvgIpc) is 2.86. The molecule has 0 aliphatic carbocycles. The predicted molar refractivity (Wildman–Crippen MR) is 120 cm³/mol. The molecule has 0 bridgehead atoms. The highest BCUT2D eigenvalue weighted by Crippen LogP contribution is 2.20. The summed E-state index contributed by atoms with van der Waals surface area (Å²) in [6, 6.07) is 7.65. The van der Waals surface area contributed by atoms with Gasteiger partial charge in [0.2, 0.25) is 0 Å². The normalized spacial score (nSPS) is 11.5. The van der Waals surface area contributed by atoms with Crippen molar-refractivity contribution in [2.75, 3.05) is 47.4 Å². The highest BCUT2D eigenvalue weighted by atomic mass is 19.1. The van der Waals surface area contributed by atoms with Crippen molar-refractivity contribution in [3.63, 3.8) is 0 Å². The molecule has 0 radical (unpaired) electrons. The Bertz CT molecular complexity index is 1010. The number of hydrogen-bond donors (Lipinski definition) is 2. The maximum atomic E-state index is 12.7. The van der Waals surface area contributed by atoms with E-state index in [2.05, 4.69) is 10.1 Å². The molecule has 11 heteroatoms. The summed E-state index contributed by atoms with van der Waals surface area (Å²) in [5.74, 6) is -0.414. The van der Waals surface area contributed by atoms with Crippen LogP contribution in [-0.4, -0.2) is 64.0 Å². The molecule has 1 heterocycles. The van der Waals surface area contributed by atoms with Crippen LogP contribution in [0.4, 0.5) is 4.39 Å². The topological polar surface area (TPSA) is 121 Å². The molecule has 34 heavy (non-hydrogen) atoms. The summed E-state index contributed by atoms with van der Waals surface area (Å²) >= 11 is 0. The molecule has 0 spiro atoms. The first-order chi connectivity index (χ1) is 16.4. The summed E-state index contributed by atoms with van der Waals surface area (Å²) in [6.45, 7) is 2.24. The van der Waals surface area contributed by atoms with E-state index in [4.69, 9.17) is 24.4 Å². The molecule has 0 amide bonds. The van der Waals surface area contributed by atoms with Crippen molar-refractivity contribution < 1.29 is 37.7 Å². The number of pyridine rings is 1. The smallest absolute Gasteiger partial charge is 0.338 e. The number of alkyl halides is 1. The van der Waals surface area contributed by atoms with Crippen LogP contribution in [0.3, 0.4) is 0 Å². The van der Waals surface area contributed by atoms with Gasteiger partial charge >= 0.3 is 11.9 Å². The van der Waals surface area contributed by atoms with E-state index >= 15 is 0 Å². The highest BCUT2D eigenvalue weighted by Gasteiger charge is 2.19. The standard InChI is InChI=1S/C23H30FN3O7/c1-4-21(26-15-24)27-14-17(6-8-20(27)25)34-12-10-32-9-11-33-16-5-7-18(22(28)30-2)19(13-16)23(29)31-3/h5-8,13-14,21,25-26H,4,9-12,15H2,1-3H3. The molecule has 2 aromatic rings. The van der Waals surface area contributed by atoms with Gasteiger partial charge in [0, 0.05) is 6.20 Å². The zero-order valence-electron chi connectivity index (χ0n) is 19.5. The highest BCUT2D eigenvalue weighted by molar-refractivity contribution is 6.03. The van der Waals surface area contributed by atoms with Gasteiger partial charge in [0.05, 0.1) is 44.7 Å². The Balaban J connectivity index is 1.80. The van der Waals surface area contributed by atoms with E-state index < -0.39 is 18.7 Å². The first kappa shape index (κ1) is 26.8. The SMILES string of the molecule is CCC(NCF)n1cc(OCCOCCOc2ccc(C(=O)OC)c(C(=O)OC)c2)ccc1=N. The lowest BCUT2D eigenvalue weighted by molar-refractivity contribution is 0.0554. The average molecular weight is 480 g/mol. The molecule has 1 atom stereocenters. The Kier molecular flexibility index (Phi) is 11.0. The fraction of sp³-hybridized carbons (Fsp3) is 0.435. The molecule has 0 saturated carbocycles. The van der Waals surface area contributed by atoms with Crippen LogP contribution in [0.25, 0.3) is 0 Å². The van der Waals surface area contributed by atoms with Gasteiger partial charge in [-0.3, -0.25) is 10.7 Å². The van der Waals surface area contributed by atoms with Crippen LogP contribution in [0.5, 0.6) is 11.5 Å². The Morgan fingerprint density at radius 3 is 2.21 bits per heavy atom. The van der Waals surface area contributed by atoms with Gasteiger partial charge in [-0.1, -0.05) is 6.92 Å². The number of halogens is 1. The van der Waals surface area contributed by atoms with E-state index in [0.717, 1.165) is 0 Å². The lowest BCUT2D eigenvalue weighted by atomic mass is 10.1. The van der Waals surface area contributed by atoms with Crippen LogP contribution in [0.2, 0.25) is 0 Å². The van der Waals surface area contributed by atoms with E-state index in [1.54, 1.807) is 29.0 Å². The largest absolute Gasteiger partial charge is 0.491 e. The molecule has 1 unspecified atom stereocenters. The molecule has 186 valence electrons. The summed E-state index contributed by atoms with van der Waals surface area (Å²) in [4.78, 5) is 23.8. The molecule has 1 aromatic carbocycles. The second-order valence-corrected chi connectivity index (χ2v) is 6.92. The Morgan fingerprint density at radius 1 is 0.971 bits per heavy atom. The number of ether oxygens (including phenoxy) is 5. The monoisotopic (exact) mass is 479 g/mol. The number of carbonyl (C=O) groups is 2. The number of nitrogens with zero attached hydrogens (tertiary/aromatic N) is 1. The fourth-order valence-corrected chi connectivity index (χ4v) is 3.09. The van der Waals surface area contributed by atoms with E-state index in [9.17, 15) is 14.0 Å². The number of carbonyl (C=O) groups excluding carboxylic acids is 2. The van der Waals surface area contributed by atoms with Gasteiger partial charge in [0.15, 0.2) is 0 Å². The molecular weight excluding hydrogens is 449 g/mol. The summed E-state index contributed by atoms with van der Waals surface area (Å²) in [7, 11) is 2.44. The molecule has 0 saturated heterocycles. The van der Waals surface area contributed by atoms with Crippen LogP contribution in [0.1, 0.15) is 40.2 Å². The number of rotatable bonds is 14. The number of hydrogen-bond acceptors (Lipinski definition) is 9. The molecule has 10 nitrogen and oxygen atoms in total. The van der Waals surface area contributed by atoms with Crippen molar-refractivity contribution in [2.24, 2.45) is 0 Å². The third kappa shape index (κ3) is 7.56. The minimum Gasteiger partial charge on any atom is -0.491 e. The molecule has 0 aliphatic heterocycles. The van der Waals surface area contributed by atoms with E-state index in [1.165, 1.54) is 26.4 Å². The Morgan fingerprint density at radius 2 is 1.59 bits per heavy atom. The van der Waals surface area contributed by atoms with Crippen molar-refractivity contribution in [1.29, 1.82) is 5.41 Å². The van der Waals surface area contributed by atoms with E-state index in [0.29, 0.717) is 24.5 Å². The minimum absolute atomic E-state index is 0.0455. The van der Waals surface area contributed by atoms with Gasteiger partial charge in [-0.2, -0.15) is 0 Å². The summed E-state index contributed by atoms with van der Waals surface area (Å²) in [5.41, 5.74) is 0.369. The van der Waals surface area contributed by atoms with Crippen LogP contribution >= 0.6 is 0 Å². The third-order valence-corrected chi connectivity index (χ3v) is 4.78. The van der Waals surface area contributed by atoms with Crippen molar-refractivity contribution in [2.45, 2.75) is 19.5 Å². The fourth-order valence-electron chi connectivity index (χ4n) is 3.09. The zero-order chi connectivity index (χ0) is 24.9. The number of esters is 2. The van der Waals surface area contributed by atoms with Crippen molar-refractivity contribution in [3.05, 3.63) is 53.1 Å². The lowest BCUT2D eigenvalue weighted by Crippen LogP contribution is -2.33. The predicted octanol–water partition coefficient (Wildman–Crippen LogP) is 2.44. The Hall–Kier alpha value is -3.44. The van der Waals surface area contributed by atoms with E-state index in [1.807, 2.05) is 6.92 Å². The van der Waals surface area contributed by atoms with E-state index in [-0.39, 0.29) is 42.6 Å². The second-order valence-electron chi connectivity index (χ2n) is 6.92. The molecule has 1 aromatic heterocycles. The number of methoxy groups -OCH3 is 2. The minimum atomic E-state index is -0.689. The molecule has 0 aliphatic rings.